The summed E-state index contributed by atoms with van der Waals surface area (Å²) in [5.74, 6) is 1.03. The molecule has 0 aliphatic rings. The third kappa shape index (κ3) is 6.58. The molecule has 5 nitrogen and oxygen atoms in total. The highest BCUT2D eigenvalue weighted by molar-refractivity contribution is 6.30. The molecule has 2 N–H and O–H groups in total. The van der Waals surface area contributed by atoms with Crippen LogP contribution in [-0.4, -0.2) is 32.7 Å². The number of carbonyl (C=O) groups is 1. The van der Waals surface area contributed by atoms with Crippen molar-refractivity contribution in [3.8, 4) is 11.5 Å². The van der Waals surface area contributed by atoms with Gasteiger partial charge in [0.1, 0.15) is 0 Å². The van der Waals surface area contributed by atoms with Crippen LogP contribution in [-0.2, 0) is 17.8 Å². The van der Waals surface area contributed by atoms with Crippen molar-refractivity contribution in [2.24, 2.45) is 0 Å². The smallest absolute Gasteiger partial charge is 0.257 e. The molecule has 0 bridgehead atoms. The topological polar surface area (TPSA) is 59.6 Å². The van der Waals surface area contributed by atoms with Crippen molar-refractivity contribution in [1.82, 2.24) is 10.6 Å². The second-order valence-electron chi connectivity index (χ2n) is 5.78. The van der Waals surface area contributed by atoms with E-state index in [0.717, 1.165) is 30.1 Å². The van der Waals surface area contributed by atoms with E-state index in [0.29, 0.717) is 18.0 Å². The summed E-state index contributed by atoms with van der Waals surface area (Å²) in [5.41, 5.74) is 2.33. The second kappa shape index (κ2) is 10.7. The lowest BCUT2D eigenvalue weighted by molar-refractivity contribution is -0.123. The van der Waals surface area contributed by atoms with Crippen molar-refractivity contribution in [3.63, 3.8) is 0 Å². The number of likely N-dealkylation sites (N-methyl/N-ethyl adjacent to an activating group) is 1. The molecule has 26 heavy (non-hydrogen) atoms. The van der Waals surface area contributed by atoms with E-state index in [4.69, 9.17) is 21.1 Å². The first-order valence-corrected chi connectivity index (χ1v) is 9.01. The van der Waals surface area contributed by atoms with Crippen molar-refractivity contribution >= 4 is 17.5 Å². The monoisotopic (exact) mass is 376 g/mol. The highest BCUT2D eigenvalue weighted by Gasteiger charge is 2.08. The van der Waals surface area contributed by atoms with Gasteiger partial charge in [-0.2, -0.15) is 0 Å². The summed E-state index contributed by atoms with van der Waals surface area (Å²) in [7, 11) is 1.59. The number of nitrogens with one attached hydrogen (secondary N) is 2. The molecule has 0 saturated carbocycles. The fourth-order valence-electron chi connectivity index (χ4n) is 2.45. The number of ether oxygens (including phenoxy) is 2. The summed E-state index contributed by atoms with van der Waals surface area (Å²) < 4.78 is 10.9. The predicted octanol–water partition coefficient (Wildman–Crippen LogP) is 3.20. The highest BCUT2D eigenvalue weighted by Crippen LogP contribution is 2.28. The van der Waals surface area contributed by atoms with Gasteiger partial charge in [-0.15, -0.1) is 0 Å². The summed E-state index contributed by atoms with van der Waals surface area (Å²) in [5, 5.41) is 6.86. The van der Waals surface area contributed by atoms with Gasteiger partial charge in [-0.25, -0.2) is 0 Å². The third-order valence-electron chi connectivity index (χ3n) is 3.79. The average molecular weight is 377 g/mol. The number of hydrogen-bond donors (Lipinski definition) is 2. The number of rotatable bonds is 10. The van der Waals surface area contributed by atoms with Gasteiger partial charge >= 0.3 is 0 Å². The van der Waals surface area contributed by atoms with Gasteiger partial charge in [-0.1, -0.05) is 29.8 Å². The van der Waals surface area contributed by atoms with Gasteiger partial charge in [-0.3, -0.25) is 4.79 Å². The van der Waals surface area contributed by atoms with Crippen molar-refractivity contribution in [2.75, 3.05) is 26.8 Å². The maximum Gasteiger partial charge on any atom is 0.257 e. The first-order valence-electron chi connectivity index (χ1n) is 8.64. The highest BCUT2D eigenvalue weighted by atomic mass is 35.5. The van der Waals surface area contributed by atoms with Gasteiger partial charge in [0.25, 0.3) is 5.91 Å². The Kier molecular flexibility index (Phi) is 8.25. The Balaban J connectivity index is 1.82. The van der Waals surface area contributed by atoms with Gasteiger partial charge in [-0.05, 0) is 55.3 Å². The Bertz CT molecular complexity index is 705. The summed E-state index contributed by atoms with van der Waals surface area (Å²) in [6, 6.07) is 13.6. The fourth-order valence-corrected chi connectivity index (χ4v) is 2.58. The van der Waals surface area contributed by atoms with Crippen LogP contribution in [0.4, 0.5) is 0 Å². The molecule has 0 spiro atoms. The maximum absolute atomic E-state index is 11.5. The Morgan fingerprint density at radius 2 is 1.81 bits per heavy atom. The molecule has 1 amide bonds. The SMILES string of the molecule is CCNC(=O)COc1ccc(CNCCc2ccc(Cl)cc2)cc1OC. The molecule has 0 atom stereocenters. The summed E-state index contributed by atoms with van der Waals surface area (Å²) >= 11 is 5.89. The standard InChI is InChI=1S/C20H25ClN2O3/c1-3-23-20(24)14-26-18-9-6-16(12-19(18)25-2)13-22-11-10-15-4-7-17(21)8-5-15/h4-9,12,22H,3,10-11,13-14H2,1-2H3,(H,23,24). The number of halogens is 1. The minimum Gasteiger partial charge on any atom is -0.493 e. The van der Waals surface area contributed by atoms with E-state index in [1.54, 1.807) is 7.11 Å². The van der Waals surface area contributed by atoms with Gasteiger partial charge in [0.15, 0.2) is 18.1 Å². The molecule has 0 heterocycles. The Morgan fingerprint density at radius 3 is 2.50 bits per heavy atom. The van der Waals surface area contributed by atoms with Crippen LogP contribution in [0.25, 0.3) is 0 Å². The number of carbonyl (C=O) groups excluding carboxylic acids is 1. The zero-order chi connectivity index (χ0) is 18.8. The summed E-state index contributed by atoms with van der Waals surface area (Å²) in [4.78, 5) is 11.5. The molecule has 0 radical (unpaired) electrons. The van der Waals surface area contributed by atoms with Crippen LogP contribution in [0.15, 0.2) is 42.5 Å². The second-order valence-corrected chi connectivity index (χ2v) is 6.22. The van der Waals surface area contributed by atoms with E-state index < -0.39 is 0 Å². The fraction of sp³-hybridized carbons (Fsp3) is 0.350. The molecule has 0 aliphatic heterocycles. The van der Waals surface area contributed by atoms with E-state index in [1.807, 2.05) is 49.4 Å². The van der Waals surface area contributed by atoms with E-state index in [1.165, 1.54) is 5.56 Å². The molecule has 2 rings (SSSR count). The molecular weight excluding hydrogens is 352 g/mol. The van der Waals surface area contributed by atoms with Crippen molar-refractivity contribution < 1.29 is 14.3 Å². The molecule has 2 aromatic carbocycles. The minimum absolute atomic E-state index is 0.0249. The van der Waals surface area contributed by atoms with Crippen LogP contribution in [0, 0.1) is 0 Å². The average Bonchev–Trinajstić information content (AvgIpc) is 2.65. The lowest BCUT2D eigenvalue weighted by Gasteiger charge is -2.12. The summed E-state index contributed by atoms with van der Waals surface area (Å²) in [6.07, 6.45) is 0.933. The van der Waals surface area contributed by atoms with Crippen LogP contribution in [0.1, 0.15) is 18.1 Å². The molecule has 2 aromatic rings. The Morgan fingerprint density at radius 1 is 1.08 bits per heavy atom. The number of methoxy groups -OCH3 is 1. The minimum atomic E-state index is -0.150. The van der Waals surface area contributed by atoms with Gasteiger partial charge in [0.2, 0.25) is 0 Å². The first-order chi connectivity index (χ1) is 12.6. The molecule has 0 unspecified atom stereocenters. The van der Waals surface area contributed by atoms with Gasteiger partial charge < -0.3 is 20.1 Å². The molecular formula is C20H25ClN2O3. The van der Waals surface area contributed by atoms with Crippen LogP contribution >= 0.6 is 11.6 Å². The zero-order valence-electron chi connectivity index (χ0n) is 15.2. The molecule has 140 valence electrons. The predicted molar refractivity (Wildman–Crippen MR) is 104 cm³/mol. The molecule has 0 aliphatic carbocycles. The van der Waals surface area contributed by atoms with Gasteiger partial charge in [0, 0.05) is 18.1 Å². The van der Waals surface area contributed by atoms with Crippen molar-refractivity contribution in [1.29, 1.82) is 0 Å². The number of benzene rings is 2. The largest absolute Gasteiger partial charge is 0.493 e. The van der Waals surface area contributed by atoms with Crippen LogP contribution in [0.2, 0.25) is 5.02 Å². The van der Waals surface area contributed by atoms with E-state index in [2.05, 4.69) is 10.6 Å². The van der Waals surface area contributed by atoms with E-state index in [9.17, 15) is 4.79 Å². The molecule has 0 fully saturated rings. The van der Waals surface area contributed by atoms with Crippen LogP contribution in [0.5, 0.6) is 11.5 Å². The number of hydrogen-bond acceptors (Lipinski definition) is 4. The zero-order valence-corrected chi connectivity index (χ0v) is 15.9. The maximum atomic E-state index is 11.5. The van der Waals surface area contributed by atoms with E-state index in [-0.39, 0.29) is 12.5 Å². The van der Waals surface area contributed by atoms with Gasteiger partial charge in [0.05, 0.1) is 7.11 Å². The normalized spacial score (nSPS) is 10.4. The lowest BCUT2D eigenvalue weighted by Crippen LogP contribution is -2.28. The quantitative estimate of drug-likeness (QED) is 0.625. The van der Waals surface area contributed by atoms with Crippen molar-refractivity contribution in [3.05, 3.63) is 58.6 Å². The lowest BCUT2D eigenvalue weighted by atomic mass is 10.1. The molecule has 0 aromatic heterocycles. The Hall–Kier alpha value is -2.24. The van der Waals surface area contributed by atoms with Crippen molar-refractivity contribution in [2.45, 2.75) is 19.9 Å². The summed E-state index contributed by atoms with van der Waals surface area (Å²) in [6.45, 7) is 4.01. The van der Waals surface area contributed by atoms with E-state index >= 15 is 0 Å². The Labute approximate surface area is 159 Å². The molecule has 6 heteroatoms. The van der Waals surface area contributed by atoms with Crippen LogP contribution in [0.3, 0.4) is 0 Å². The third-order valence-corrected chi connectivity index (χ3v) is 4.05. The number of amides is 1. The van der Waals surface area contributed by atoms with Crippen LogP contribution < -0.4 is 20.1 Å². The molecule has 0 saturated heterocycles. The first kappa shape index (κ1) is 20.1.